The second-order valence-corrected chi connectivity index (χ2v) is 5.09. The SMILES string of the molecule is CC(NS(=O)(=O)c1cccc(F)c1C#N)C(=O)O. The number of halogens is 1. The van der Waals surface area contributed by atoms with E-state index in [2.05, 4.69) is 0 Å². The van der Waals surface area contributed by atoms with Crippen LogP contribution in [-0.4, -0.2) is 25.5 Å². The number of rotatable bonds is 4. The van der Waals surface area contributed by atoms with Crippen molar-refractivity contribution in [3.63, 3.8) is 0 Å². The zero-order chi connectivity index (χ0) is 13.9. The maximum atomic E-state index is 13.2. The number of benzene rings is 1. The number of sulfonamides is 1. The fourth-order valence-electron chi connectivity index (χ4n) is 1.18. The predicted molar refractivity (Wildman–Crippen MR) is 58.5 cm³/mol. The summed E-state index contributed by atoms with van der Waals surface area (Å²) in [5.74, 6) is -2.36. The van der Waals surface area contributed by atoms with Crippen molar-refractivity contribution in [2.45, 2.75) is 17.9 Å². The zero-order valence-corrected chi connectivity index (χ0v) is 10.0. The lowest BCUT2D eigenvalue weighted by atomic mass is 10.2. The van der Waals surface area contributed by atoms with Crippen molar-refractivity contribution in [3.05, 3.63) is 29.6 Å². The highest BCUT2D eigenvalue weighted by molar-refractivity contribution is 7.89. The van der Waals surface area contributed by atoms with Crippen LogP contribution in [0.2, 0.25) is 0 Å². The van der Waals surface area contributed by atoms with Crippen molar-refractivity contribution in [2.24, 2.45) is 0 Å². The van der Waals surface area contributed by atoms with Gasteiger partial charge in [-0.25, -0.2) is 12.8 Å². The summed E-state index contributed by atoms with van der Waals surface area (Å²) in [4.78, 5) is 9.98. The third kappa shape index (κ3) is 2.82. The topological polar surface area (TPSA) is 107 Å². The molecule has 6 nitrogen and oxygen atoms in total. The molecule has 1 aromatic rings. The van der Waals surface area contributed by atoms with Gasteiger partial charge in [-0.05, 0) is 19.1 Å². The summed E-state index contributed by atoms with van der Waals surface area (Å²) in [5.41, 5.74) is -0.650. The van der Waals surface area contributed by atoms with E-state index in [1.54, 1.807) is 0 Å². The predicted octanol–water partition coefficient (Wildman–Crippen LogP) is 0.449. The fraction of sp³-hybridized carbons (Fsp3) is 0.200. The molecule has 1 atom stereocenters. The highest BCUT2D eigenvalue weighted by Crippen LogP contribution is 2.18. The molecule has 0 aliphatic heterocycles. The van der Waals surface area contributed by atoms with E-state index in [0.29, 0.717) is 0 Å². The molecule has 0 radical (unpaired) electrons. The highest BCUT2D eigenvalue weighted by Gasteiger charge is 2.25. The summed E-state index contributed by atoms with van der Waals surface area (Å²) in [6.45, 7) is 1.12. The van der Waals surface area contributed by atoms with Crippen LogP contribution in [0.3, 0.4) is 0 Å². The molecule has 18 heavy (non-hydrogen) atoms. The Labute approximate surface area is 103 Å². The van der Waals surface area contributed by atoms with E-state index < -0.39 is 38.3 Å². The minimum atomic E-state index is -4.26. The molecule has 0 aliphatic carbocycles. The minimum Gasteiger partial charge on any atom is -0.480 e. The lowest BCUT2D eigenvalue weighted by molar-refractivity contribution is -0.138. The second-order valence-electron chi connectivity index (χ2n) is 3.41. The molecule has 0 amide bonds. The first-order valence-corrected chi connectivity index (χ1v) is 6.21. The van der Waals surface area contributed by atoms with E-state index >= 15 is 0 Å². The zero-order valence-electron chi connectivity index (χ0n) is 9.21. The summed E-state index contributed by atoms with van der Waals surface area (Å²) in [7, 11) is -4.26. The number of carboxylic acids is 1. The first kappa shape index (κ1) is 14.1. The molecule has 0 saturated heterocycles. The van der Waals surface area contributed by atoms with Crippen LogP contribution in [0, 0.1) is 17.1 Å². The number of nitrogens with one attached hydrogen (secondary N) is 1. The number of hydrogen-bond donors (Lipinski definition) is 2. The van der Waals surface area contributed by atoms with Crippen molar-refractivity contribution in [1.82, 2.24) is 4.72 Å². The summed E-state index contributed by atoms with van der Waals surface area (Å²) >= 11 is 0. The number of nitrogens with zero attached hydrogens (tertiary/aromatic N) is 1. The van der Waals surface area contributed by atoms with Crippen LogP contribution in [0.4, 0.5) is 4.39 Å². The summed E-state index contributed by atoms with van der Waals surface area (Å²) in [6, 6.07) is 3.14. The van der Waals surface area contributed by atoms with Crippen LogP contribution in [0.5, 0.6) is 0 Å². The van der Waals surface area contributed by atoms with E-state index in [-0.39, 0.29) is 0 Å². The van der Waals surface area contributed by atoms with Crippen molar-refractivity contribution in [1.29, 1.82) is 5.26 Å². The van der Waals surface area contributed by atoms with Gasteiger partial charge in [-0.1, -0.05) is 6.07 Å². The molecule has 0 spiro atoms. The third-order valence-electron chi connectivity index (χ3n) is 2.08. The van der Waals surface area contributed by atoms with Gasteiger partial charge in [0.1, 0.15) is 28.4 Å². The molecule has 0 aromatic heterocycles. The molecular formula is C10H9FN2O4S. The van der Waals surface area contributed by atoms with Gasteiger partial charge in [0.2, 0.25) is 10.0 Å². The molecule has 1 unspecified atom stereocenters. The number of hydrogen-bond acceptors (Lipinski definition) is 4. The first-order valence-electron chi connectivity index (χ1n) is 4.73. The van der Waals surface area contributed by atoms with Crippen LogP contribution < -0.4 is 4.72 Å². The normalized spacial score (nSPS) is 12.7. The molecule has 0 aliphatic rings. The van der Waals surface area contributed by atoms with E-state index in [4.69, 9.17) is 10.4 Å². The average Bonchev–Trinajstić information content (AvgIpc) is 2.27. The second kappa shape index (κ2) is 5.12. The van der Waals surface area contributed by atoms with Gasteiger partial charge >= 0.3 is 5.97 Å². The Kier molecular flexibility index (Phi) is 4.00. The Hall–Kier alpha value is -1.98. The van der Waals surface area contributed by atoms with Crippen molar-refractivity contribution >= 4 is 16.0 Å². The maximum absolute atomic E-state index is 13.2. The Morgan fingerprint density at radius 3 is 2.67 bits per heavy atom. The lowest BCUT2D eigenvalue weighted by Crippen LogP contribution is -2.38. The van der Waals surface area contributed by atoms with E-state index in [1.165, 1.54) is 6.07 Å². The van der Waals surface area contributed by atoms with E-state index in [9.17, 15) is 17.6 Å². The van der Waals surface area contributed by atoms with Crippen molar-refractivity contribution < 1.29 is 22.7 Å². The van der Waals surface area contributed by atoms with Gasteiger partial charge in [0.15, 0.2) is 0 Å². The fourth-order valence-corrected chi connectivity index (χ4v) is 2.55. The largest absolute Gasteiger partial charge is 0.480 e. The van der Waals surface area contributed by atoms with Crippen LogP contribution in [0.1, 0.15) is 12.5 Å². The van der Waals surface area contributed by atoms with Gasteiger partial charge in [-0.3, -0.25) is 4.79 Å². The van der Waals surface area contributed by atoms with Gasteiger partial charge in [0, 0.05) is 0 Å². The summed E-state index contributed by atoms with van der Waals surface area (Å²) in [6.07, 6.45) is 0. The number of carbonyl (C=O) groups is 1. The highest BCUT2D eigenvalue weighted by atomic mass is 32.2. The molecule has 0 saturated carbocycles. The summed E-state index contributed by atoms with van der Waals surface area (Å²) < 4.78 is 38.6. The number of nitriles is 1. The molecule has 0 bridgehead atoms. The minimum absolute atomic E-state index is 0.585. The Morgan fingerprint density at radius 2 is 2.17 bits per heavy atom. The Bertz CT molecular complexity index is 621. The van der Waals surface area contributed by atoms with Crippen molar-refractivity contribution in [2.75, 3.05) is 0 Å². The summed E-state index contributed by atoms with van der Waals surface area (Å²) in [5, 5.41) is 17.3. The standard InChI is InChI=1S/C10H9FN2O4S/c1-6(10(14)15)13-18(16,17)9-4-2-3-8(11)7(9)5-12/h2-4,6,13H,1H3,(H,14,15). The molecule has 96 valence electrons. The smallest absolute Gasteiger partial charge is 0.321 e. The van der Waals surface area contributed by atoms with Crippen LogP contribution in [-0.2, 0) is 14.8 Å². The van der Waals surface area contributed by atoms with Crippen LogP contribution >= 0.6 is 0 Å². The quantitative estimate of drug-likeness (QED) is 0.827. The molecule has 1 aromatic carbocycles. The van der Waals surface area contributed by atoms with Crippen molar-refractivity contribution in [3.8, 4) is 6.07 Å². The first-order chi connectivity index (χ1) is 8.29. The van der Waals surface area contributed by atoms with Gasteiger partial charge in [-0.15, -0.1) is 0 Å². The van der Waals surface area contributed by atoms with E-state index in [0.717, 1.165) is 25.1 Å². The van der Waals surface area contributed by atoms with Gasteiger partial charge in [-0.2, -0.15) is 9.98 Å². The Morgan fingerprint density at radius 1 is 1.56 bits per heavy atom. The maximum Gasteiger partial charge on any atom is 0.321 e. The molecule has 0 heterocycles. The molecule has 2 N–H and O–H groups in total. The van der Waals surface area contributed by atoms with Crippen LogP contribution in [0.15, 0.2) is 23.1 Å². The molecular weight excluding hydrogens is 263 g/mol. The lowest BCUT2D eigenvalue weighted by Gasteiger charge is -2.11. The van der Waals surface area contributed by atoms with E-state index in [1.807, 2.05) is 4.72 Å². The van der Waals surface area contributed by atoms with Gasteiger partial charge < -0.3 is 5.11 Å². The molecule has 8 heteroatoms. The van der Waals surface area contributed by atoms with Gasteiger partial charge in [0.25, 0.3) is 0 Å². The number of carboxylic acid groups (broad SMARTS) is 1. The third-order valence-corrected chi connectivity index (χ3v) is 3.66. The van der Waals surface area contributed by atoms with Crippen LogP contribution in [0.25, 0.3) is 0 Å². The Balaban J connectivity index is 3.27. The number of aliphatic carboxylic acids is 1. The average molecular weight is 272 g/mol. The molecule has 0 fully saturated rings. The monoisotopic (exact) mass is 272 g/mol. The molecule has 1 rings (SSSR count). The van der Waals surface area contributed by atoms with Gasteiger partial charge in [0.05, 0.1) is 0 Å².